The third-order valence-corrected chi connectivity index (χ3v) is 8.33. The first-order valence-electron chi connectivity index (χ1n) is 9.98. The lowest BCUT2D eigenvalue weighted by Gasteiger charge is -2.39. The monoisotopic (exact) mass is 386 g/mol. The molecular formula is C23H31O3P. The molecule has 0 aliphatic heterocycles. The van der Waals surface area contributed by atoms with Crippen LogP contribution in [0, 0.1) is 17.8 Å². The number of rotatable bonds is 6. The molecule has 0 heterocycles. The first-order chi connectivity index (χ1) is 12.9. The maximum Gasteiger partial charge on any atom is 0.264 e. The first-order valence-corrected chi connectivity index (χ1v) is 11.7. The van der Waals surface area contributed by atoms with Gasteiger partial charge in [-0.15, -0.1) is 0 Å². The number of hydrogen-bond acceptors (Lipinski definition) is 3. The molecule has 146 valence electrons. The van der Waals surface area contributed by atoms with Crippen molar-refractivity contribution in [1.82, 2.24) is 0 Å². The molecule has 0 amide bonds. The highest BCUT2D eigenvalue weighted by atomic mass is 31.2. The van der Waals surface area contributed by atoms with Crippen LogP contribution in [0.5, 0.6) is 0 Å². The molecule has 0 aromatic heterocycles. The fourth-order valence-electron chi connectivity index (χ4n) is 4.15. The lowest BCUT2D eigenvalue weighted by atomic mass is 9.75. The van der Waals surface area contributed by atoms with E-state index in [2.05, 4.69) is 20.8 Å². The van der Waals surface area contributed by atoms with Crippen molar-refractivity contribution in [3.8, 4) is 0 Å². The molecule has 1 unspecified atom stereocenters. The van der Waals surface area contributed by atoms with Crippen LogP contribution in [0.15, 0.2) is 60.7 Å². The second kappa shape index (κ2) is 8.73. The molecule has 2 aromatic carbocycles. The zero-order chi connectivity index (χ0) is 19.4. The second-order valence-electron chi connectivity index (χ2n) is 8.19. The summed E-state index contributed by atoms with van der Waals surface area (Å²) in [6.07, 6.45) is 3.05. The van der Waals surface area contributed by atoms with Crippen LogP contribution in [0.3, 0.4) is 0 Å². The van der Waals surface area contributed by atoms with Gasteiger partial charge in [0.15, 0.2) is 5.85 Å². The van der Waals surface area contributed by atoms with Crippen LogP contribution in [0.25, 0.3) is 0 Å². The SMILES string of the molecule is CC(C)[C@@H]1CC[C@@H](C)C[C@H]1OP(=O)(c1ccccc1)[C@H](O)c1ccccc1. The van der Waals surface area contributed by atoms with E-state index >= 15 is 0 Å². The molecular weight excluding hydrogens is 355 g/mol. The van der Waals surface area contributed by atoms with Gasteiger partial charge < -0.3 is 9.63 Å². The Kier molecular flexibility index (Phi) is 6.57. The Labute approximate surface area is 163 Å². The van der Waals surface area contributed by atoms with Crippen molar-refractivity contribution in [2.75, 3.05) is 0 Å². The molecule has 1 fully saturated rings. The molecule has 1 aliphatic rings. The normalized spacial score (nSPS) is 26.5. The van der Waals surface area contributed by atoms with Gasteiger partial charge in [-0.2, -0.15) is 0 Å². The molecule has 1 N–H and O–H groups in total. The Morgan fingerprint density at radius 1 is 1.00 bits per heavy atom. The van der Waals surface area contributed by atoms with Gasteiger partial charge >= 0.3 is 0 Å². The lowest BCUT2D eigenvalue weighted by Crippen LogP contribution is -2.35. The highest BCUT2D eigenvalue weighted by molar-refractivity contribution is 7.67. The molecule has 0 radical (unpaired) electrons. The Hall–Kier alpha value is -1.41. The van der Waals surface area contributed by atoms with Crippen molar-refractivity contribution >= 4 is 12.7 Å². The van der Waals surface area contributed by atoms with E-state index in [1.54, 1.807) is 0 Å². The van der Waals surface area contributed by atoms with E-state index in [1.165, 1.54) is 6.42 Å². The van der Waals surface area contributed by atoms with Crippen molar-refractivity contribution in [2.24, 2.45) is 17.8 Å². The second-order valence-corrected chi connectivity index (χ2v) is 10.6. The predicted molar refractivity (Wildman–Crippen MR) is 111 cm³/mol. The summed E-state index contributed by atoms with van der Waals surface area (Å²) in [5.41, 5.74) is 0.634. The van der Waals surface area contributed by atoms with Crippen molar-refractivity contribution in [3.63, 3.8) is 0 Å². The summed E-state index contributed by atoms with van der Waals surface area (Å²) in [6.45, 7) is 6.64. The van der Waals surface area contributed by atoms with Crippen molar-refractivity contribution in [3.05, 3.63) is 66.2 Å². The molecule has 0 saturated heterocycles. The summed E-state index contributed by atoms with van der Waals surface area (Å²) in [7, 11) is -3.50. The highest BCUT2D eigenvalue weighted by Gasteiger charge is 2.42. The minimum atomic E-state index is -3.50. The van der Waals surface area contributed by atoms with Crippen LogP contribution in [-0.2, 0) is 9.09 Å². The highest BCUT2D eigenvalue weighted by Crippen LogP contribution is 2.60. The minimum Gasteiger partial charge on any atom is -0.378 e. The largest absolute Gasteiger partial charge is 0.378 e. The van der Waals surface area contributed by atoms with Crippen LogP contribution in [-0.4, -0.2) is 11.2 Å². The van der Waals surface area contributed by atoms with E-state index in [9.17, 15) is 9.67 Å². The van der Waals surface area contributed by atoms with Gasteiger partial charge in [-0.1, -0.05) is 75.7 Å². The van der Waals surface area contributed by atoms with E-state index in [0.29, 0.717) is 28.6 Å². The topological polar surface area (TPSA) is 46.5 Å². The molecule has 27 heavy (non-hydrogen) atoms. The van der Waals surface area contributed by atoms with Gasteiger partial charge in [-0.3, -0.25) is 4.57 Å². The van der Waals surface area contributed by atoms with Gasteiger partial charge in [0.25, 0.3) is 7.37 Å². The standard InChI is InChI=1S/C23H31O3P/c1-17(2)21-15-14-18(3)16-22(21)26-27(25,20-12-8-5-9-13-20)23(24)19-10-6-4-7-11-19/h4-13,17-18,21-24H,14-16H2,1-3H3/t18-,21+,22-,23+,27?/m1/s1. The summed E-state index contributed by atoms with van der Waals surface area (Å²) < 4.78 is 20.6. The van der Waals surface area contributed by atoms with Gasteiger partial charge in [0.1, 0.15) is 0 Å². The van der Waals surface area contributed by atoms with Gasteiger partial charge in [0.05, 0.1) is 6.10 Å². The number of aliphatic hydroxyl groups is 1. The maximum absolute atomic E-state index is 14.2. The zero-order valence-corrected chi connectivity index (χ0v) is 17.4. The van der Waals surface area contributed by atoms with Gasteiger partial charge in [0.2, 0.25) is 0 Å². The van der Waals surface area contributed by atoms with E-state index in [-0.39, 0.29) is 6.10 Å². The number of aliphatic hydroxyl groups excluding tert-OH is 1. The molecule has 3 nitrogen and oxygen atoms in total. The van der Waals surface area contributed by atoms with Crippen molar-refractivity contribution < 1.29 is 14.2 Å². The maximum atomic E-state index is 14.2. The summed E-state index contributed by atoms with van der Waals surface area (Å²) in [5, 5.41) is 11.7. The number of benzene rings is 2. The van der Waals surface area contributed by atoms with Crippen LogP contribution in [0.2, 0.25) is 0 Å². The van der Waals surface area contributed by atoms with Crippen molar-refractivity contribution in [2.45, 2.75) is 52.0 Å². The van der Waals surface area contributed by atoms with Crippen LogP contribution in [0.1, 0.15) is 51.4 Å². The fraction of sp³-hybridized carbons (Fsp3) is 0.478. The summed E-state index contributed by atoms with van der Waals surface area (Å²) in [6, 6.07) is 18.4. The fourth-order valence-corrected chi connectivity index (χ4v) is 6.47. The smallest absolute Gasteiger partial charge is 0.264 e. The first kappa shape index (κ1) is 20.3. The lowest BCUT2D eigenvalue weighted by molar-refractivity contribution is 0.0427. The Bertz CT molecular complexity index is 760. The summed E-state index contributed by atoms with van der Waals surface area (Å²) in [5.74, 6) is 0.205. The Balaban J connectivity index is 1.98. The zero-order valence-electron chi connectivity index (χ0n) is 16.5. The van der Waals surface area contributed by atoms with Gasteiger partial charge in [-0.05, 0) is 48.3 Å². The molecule has 4 heteroatoms. The summed E-state index contributed by atoms with van der Waals surface area (Å²) in [4.78, 5) is 0. The molecule has 1 saturated carbocycles. The van der Waals surface area contributed by atoms with Gasteiger partial charge in [0, 0.05) is 5.30 Å². The Morgan fingerprint density at radius 2 is 1.59 bits per heavy atom. The molecule has 3 rings (SSSR count). The van der Waals surface area contributed by atoms with Crippen LogP contribution in [0.4, 0.5) is 0 Å². The molecule has 5 atom stereocenters. The molecule has 0 bridgehead atoms. The van der Waals surface area contributed by atoms with E-state index in [1.807, 2.05) is 60.7 Å². The average molecular weight is 386 g/mol. The average Bonchev–Trinajstić information content (AvgIpc) is 2.68. The third kappa shape index (κ3) is 4.54. The molecule has 2 aromatic rings. The minimum absolute atomic E-state index is 0.0989. The quantitative estimate of drug-likeness (QED) is 0.642. The van der Waals surface area contributed by atoms with Crippen molar-refractivity contribution in [1.29, 1.82) is 0 Å². The van der Waals surface area contributed by atoms with E-state index in [0.717, 1.165) is 12.8 Å². The number of hydrogen-bond donors (Lipinski definition) is 1. The van der Waals surface area contributed by atoms with Gasteiger partial charge in [-0.25, -0.2) is 0 Å². The molecule has 0 spiro atoms. The predicted octanol–water partition coefficient (Wildman–Crippen LogP) is 5.76. The van der Waals surface area contributed by atoms with Crippen LogP contribution >= 0.6 is 7.37 Å². The van der Waals surface area contributed by atoms with Crippen LogP contribution < -0.4 is 5.30 Å². The molecule has 1 aliphatic carbocycles. The van der Waals surface area contributed by atoms with E-state index < -0.39 is 13.2 Å². The Morgan fingerprint density at radius 3 is 2.19 bits per heavy atom. The third-order valence-electron chi connectivity index (χ3n) is 5.79. The summed E-state index contributed by atoms with van der Waals surface area (Å²) >= 11 is 0. The van der Waals surface area contributed by atoms with E-state index in [4.69, 9.17) is 4.52 Å².